The fourth-order valence-electron chi connectivity index (χ4n) is 7.42. The molecule has 3 amide bonds. The Bertz CT molecular complexity index is 1900. The van der Waals surface area contributed by atoms with Crippen LogP contribution in [0.3, 0.4) is 0 Å². The molecule has 320 valence electrons. The van der Waals surface area contributed by atoms with Crippen molar-refractivity contribution in [1.29, 1.82) is 0 Å². The van der Waals surface area contributed by atoms with E-state index in [0.717, 1.165) is 36.6 Å². The lowest BCUT2D eigenvalue weighted by Crippen LogP contribution is -2.65. The number of morpholine rings is 1. The molecule has 4 fully saturated rings. The number of fused-ring (bicyclic) bond motifs is 2. The zero-order valence-electron chi connectivity index (χ0n) is 33.8. The summed E-state index contributed by atoms with van der Waals surface area (Å²) in [6, 6.07) is 3.46. The minimum atomic E-state index is -5.56. The van der Waals surface area contributed by atoms with Gasteiger partial charge in [-0.3, -0.25) is 42.5 Å². The van der Waals surface area contributed by atoms with E-state index in [4.69, 9.17) is 23.3 Å². The molecule has 0 aliphatic carbocycles. The van der Waals surface area contributed by atoms with Crippen LogP contribution in [0.4, 0.5) is 8.78 Å². The largest absolute Gasteiger partial charge is 0.438 e. The predicted molar refractivity (Wildman–Crippen MR) is 208 cm³/mol. The van der Waals surface area contributed by atoms with Crippen molar-refractivity contribution in [2.75, 3.05) is 53.0 Å². The molecule has 6 rings (SSSR count). The maximum atomic E-state index is 16.2. The molecular weight excluding hydrogens is 801 g/mol. The second kappa shape index (κ2) is 17.2. The van der Waals surface area contributed by atoms with Crippen LogP contribution in [0, 0.1) is 10.8 Å². The molecule has 4 aliphatic rings. The Morgan fingerprint density at radius 2 is 1.50 bits per heavy atom. The van der Waals surface area contributed by atoms with E-state index in [2.05, 4.69) is 10.2 Å². The third kappa shape index (κ3) is 9.42. The van der Waals surface area contributed by atoms with Gasteiger partial charge in [-0.1, -0.05) is 6.07 Å². The third-order valence-electron chi connectivity index (χ3n) is 10.9. The van der Waals surface area contributed by atoms with E-state index in [9.17, 15) is 28.5 Å². The first-order valence-electron chi connectivity index (χ1n) is 19.6. The number of nitrogens with one attached hydrogen (secondary N) is 1. The van der Waals surface area contributed by atoms with E-state index in [1.54, 1.807) is 4.90 Å². The summed E-state index contributed by atoms with van der Waals surface area (Å²) in [5.74, 6) is -2.58. The molecule has 5 heterocycles. The number of nitrogens with zero attached hydrogens (tertiary/aromatic N) is 3. The van der Waals surface area contributed by atoms with Crippen molar-refractivity contribution in [1.82, 2.24) is 20.0 Å². The Morgan fingerprint density at radius 1 is 0.879 bits per heavy atom. The van der Waals surface area contributed by atoms with Crippen LogP contribution < -0.4 is 5.32 Å². The fraction of sp³-hybridized carbons (Fsp3) is 0.667. The number of alkyl halides is 2. The number of esters is 2. The van der Waals surface area contributed by atoms with E-state index in [0.29, 0.717) is 63.1 Å². The molecule has 4 saturated heterocycles. The Morgan fingerprint density at radius 3 is 2.10 bits per heavy atom. The highest BCUT2D eigenvalue weighted by Gasteiger charge is 2.56. The predicted octanol–water partition coefficient (Wildman–Crippen LogP) is 5.46. The van der Waals surface area contributed by atoms with Crippen LogP contribution in [0.5, 0.6) is 0 Å². The lowest BCUT2D eigenvalue weighted by Gasteiger charge is -2.48. The summed E-state index contributed by atoms with van der Waals surface area (Å²) >= 11 is 1.02. The zero-order valence-corrected chi connectivity index (χ0v) is 35.5. The average molecular weight is 855 g/mol. The van der Waals surface area contributed by atoms with Gasteiger partial charge in [-0.05, 0) is 97.2 Å². The van der Waals surface area contributed by atoms with Gasteiger partial charge in [0.15, 0.2) is 0 Å². The molecule has 2 aromatic rings. The Hall–Kier alpha value is -3.54. The van der Waals surface area contributed by atoms with Gasteiger partial charge in [-0.25, -0.2) is 0 Å². The van der Waals surface area contributed by atoms with Crippen molar-refractivity contribution >= 4 is 58.7 Å². The highest BCUT2D eigenvalue weighted by molar-refractivity contribution is 7.54. The summed E-state index contributed by atoms with van der Waals surface area (Å²) in [4.78, 5) is 71.9. The van der Waals surface area contributed by atoms with Crippen LogP contribution in [0.2, 0.25) is 0 Å². The Kier molecular flexibility index (Phi) is 13.1. The van der Waals surface area contributed by atoms with Crippen molar-refractivity contribution < 1.29 is 60.6 Å². The van der Waals surface area contributed by atoms with E-state index in [-0.39, 0.29) is 34.2 Å². The van der Waals surface area contributed by atoms with Crippen molar-refractivity contribution in [2.45, 2.75) is 103 Å². The summed E-state index contributed by atoms with van der Waals surface area (Å²) < 4.78 is 72.0. The minimum Gasteiger partial charge on any atom is -0.438 e. The molecule has 0 saturated carbocycles. The quantitative estimate of drug-likeness (QED) is 0.163. The number of benzene rings is 1. The zero-order chi connectivity index (χ0) is 42.2. The Balaban J connectivity index is 1.14. The molecule has 15 nitrogen and oxygen atoms in total. The third-order valence-corrected chi connectivity index (χ3v) is 13.8. The van der Waals surface area contributed by atoms with Crippen LogP contribution in [-0.4, -0.2) is 122 Å². The maximum absolute atomic E-state index is 16.2. The van der Waals surface area contributed by atoms with Gasteiger partial charge in [0.2, 0.25) is 25.4 Å². The molecule has 4 aliphatic heterocycles. The van der Waals surface area contributed by atoms with Gasteiger partial charge in [-0.2, -0.15) is 8.78 Å². The molecular formula is C39H53F2N4O11PS. The van der Waals surface area contributed by atoms with Gasteiger partial charge in [0, 0.05) is 48.5 Å². The number of ether oxygens (including phenoxy) is 3. The summed E-state index contributed by atoms with van der Waals surface area (Å²) in [6.45, 7) is 11.1. The summed E-state index contributed by atoms with van der Waals surface area (Å²) in [5.41, 5.74) is -7.18. The molecule has 19 heteroatoms. The molecule has 0 spiro atoms. The number of carbonyl (C=O) groups excluding carboxylic acids is 5. The molecule has 1 unspecified atom stereocenters. The molecule has 3 atom stereocenters. The van der Waals surface area contributed by atoms with Crippen LogP contribution in [0.25, 0.3) is 10.1 Å². The molecule has 0 radical (unpaired) electrons. The smallest absolute Gasteiger partial charge is 0.410 e. The topological polar surface area (TPSA) is 170 Å². The minimum absolute atomic E-state index is 0.0679. The van der Waals surface area contributed by atoms with Gasteiger partial charge in [-0.15, -0.1) is 11.3 Å². The molecule has 1 aromatic heterocycles. The van der Waals surface area contributed by atoms with Gasteiger partial charge in [0.1, 0.15) is 12.1 Å². The molecule has 1 N–H and O–H groups in total. The maximum Gasteiger partial charge on any atom is 0.410 e. The van der Waals surface area contributed by atoms with Crippen LogP contribution in [-0.2, 0) is 52.7 Å². The van der Waals surface area contributed by atoms with Crippen molar-refractivity contribution in [3.05, 3.63) is 34.7 Å². The van der Waals surface area contributed by atoms with E-state index in [1.807, 2.05) is 4.90 Å². The van der Waals surface area contributed by atoms with Crippen molar-refractivity contribution in [3.8, 4) is 0 Å². The monoisotopic (exact) mass is 854 g/mol. The second-order valence-electron chi connectivity index (χ2n) is 17.3. The number of hydrogen-bond acceptors (Lipinski definition) is 13. The number of thiophene rings is 1. The SMILES string of the molecule is CC(C)(C)C(=O)OCOP(=O)(OCOC(=O)C(C)(C)C)C(F)(F)c1ccc2sc(C(=O)N[C@H]3CCCC4CC[C@@H](C(=O)N5CC(N6CCOCC6)C5)N4C3=O)cc2c1. The standard InChI is InChI=1S/C39H53F2N4O11PS/c1-37(2,3)35(49)53-22-55-57(51,56-23-54-36(50)38(4,5)6)39(40,41)25-10-13-30-24(18-25)19-31(58-30)32(46)42-28-9-7-8-26-11-12-29(45(26)33(28)47)34(48)44-20-27(21-44)43-14-16-52-17-15-43/h10,13,18-19,26-29H,7-9,11-12,14-17,20-23H2,1-6H3,(H,42,46)/t26?,28-,29-/m0/s1. The van der Waals surface area contributed by atoms with E-state index in [1.165, 1.54) is 53.7 Å². The summed E-state index contributed by atoms with van der Waals surface area (Å²) in [5, 5.41) is 3.05. The van der Waals surface area contributed by atoms with Crippen LogP contribution in [0.15, 0.2) is 24.3 Å². The Labute approximate surface area is 340 Å². The first-order valence-corrected chi connectivity index (χ1v) is 21.9. The first-order chi connectivity index (χ1) is 27.2. The number of rotatable bonds is 12. The first kappa shape index (κ1) is 44.0. The van der Waals surface area contributed by atoms with Gasteiger partial charge in [0.05, 0.1) is 28.9 Å². The highest BCUT2D eigenvalue weighted by atomic mass is 32.1. The summed E-state index contributed by atoms with van der Waals surface area (Å²) in [6.07, 6.45) is 3.04. The van der Waals surface area contributed by atoms with Crippen LogP contribution in [0.1, 0.15) is 88.9 Å². The van der Waals surface area contributed by atoms with E-state index >= 15 is 8.78 Å². The lowest BCUT2D eigenvalue weighted by atomic mass is 9.98. The highest BCUT2D eigenvalue weighted by Crippen LogP contribution is 2.67. The fourth-order valence-corrected chi connectivity index (χ4v) is 9.60. The molecule has 58 heavy (non-hydrogen) atoms. The number of amides is 3. The summed E-state index contributed by atoms with van der Waals surface area (Å²) in [7, 11) is -5.56. The van der Waals surface area contributed by atoms with Crippen molar-refractivity contribution in [3.63, 3.8) is 0 Å². The molecule has 1 aromatic carbocycles. The number of carbonyl (C=O) groups is 5. The second-order valence-corrected chi connectivity index (χ2v) is 20.4. The lowest BCUT2D eigenvalue weighted by molar-refractivity contribution is -0.163. The van der Waals surface area contributed by atoms with Gasteiger partial charge < -0.3 is 29.3 Å². The number of likely N-dealkylation sites (tertiary alicyclic amines) is 1. The normalized spacial score (nSPS) is 22.6. The van der Waals surface area contributed by atoms with E-state index < -0.39 is 73.2 Å². The number of halogens is 2. The van der Waals surface area contributed by atoms with Crippen molar-refractivity contribution in [2.24, 2.45) is 10.8 Å². The number of hydrogen-bond donors (Lipinski definition) is 1. The molecule has 0 bridgehead atoms. The van der Waals surface area contributed by atoms with Gasteiger partial charge >= 0.3 is 25.2 Å². The van der Waals surface area contributed by atoms with Crippen LogP contribution >= 0.6 is 18.9 Å². The average Bonchev–Trinajstić information content (AvgIpc) is 3.74. The van der Waals surface area contributed by atoms with Gasteiger partial charge in [0.25, 0.3) is 5.91 Å².